The summed E-state index contributed by atoms with van der Waals surface area (Å²) in [6.07, 6.45) is 0.686. The average Bonchev–Trinajstić information content (AvgIpc) is 2.53. The lowest BCUT2D eigenvalue weighted by molar-refractivity contribution is -0.522. The Morgan fingerprint density at radius 3 is 2.70 bits per heavy atom. The van der Waals surface area contributed by atoms with E-state index in [2.05, 4.69) is 0 Å². The number of hydrogen-bond acceptors (Lipinski definition) is 3. The Bertz CT molecular complexity index is 571. The van der Waals surface area contributed by atoms with Gasteiger partial charge in [0.2, 0.25) is 0 Å². The molecule has 1 unspecified atom stereocenters. The first-order valence-electron chi connectivity index (χ1n) is 5.94. The summed E-state index contributed by atoms with van der Waals surface area (Å²) < 4.78 is 14.7. The van der Waals surface area contributed by atoms with Gasteiger partial charge in [0, 0.05) is 7.05 Å². The maximum absolute atomic E-state index is 13.7. The molecule has 1 aliphatic rings. The third kappa shape index (κ3) is 2.77. The van der Waals surface area contributed by atoms with E-state index in [1.54, 1.807) is 18.0 Å². The molecule has 7 heteroatoms. The van der Waals surface area contributed by atoms with Gasteiger partial charge < -0.3 is 10.1 Å². The van der Waals surface area contributed by atoms with Crippen LogP contribution in [0.3, 0.4) is 0 Å². The SMILES string of the molecule is CN1C(=S)SC(C)(C)C1[N+]([O-])=Cc1c(F)cccc1Cl. The number of rotatable bonds is 2. The molecule has 0 amide bonds. The van der Waals surface area contributed by atoms with Crippen molar-refractivity contribution in [1.82, 2.24) is 4.90 Å². The van der Waals surface area contributed by atoms with Crippen LogP contribution in [0.5, 0.6) is 0 Å². The largest absolute Gasteiger partial charge is 0.622 e. The van der Waals surface area contributed by atoms with Crippen molar-refractivity contribution in [2.45, 2.75) is 24.8 Å². The second-order valence-corrected chi connectivity index (χ2v) is 7.78. The molecular weight excluding hydrogens is 319 g/mol. The predicted octanol–water partition coefficient (Wildman–Crippen LogP) is 3.48. The Morgan fingerprint density at radius 1 is 1.55 bits per heavy atom. The van der Waals surface area contributed by atoms with Gasteiger partial charge in [0.15, 0.2) is 6.21 Å². The van der Waals surface area contributed by atoms with E-state index < -0.39 is 12.0 Å². The van der Waals surface area contributed by atoms with Crippen LogP contribution in [0, 0.1) is 11.0 Å². The first-order chi connectivity index (χ1) is 9.24. The Hall–Kier alpha value is -0.850. The van der Waals surface area contributed by atoms with E-state index in [9.17, 15) is 9.60 Å². The molecule has 0 spiro atoms. The number of thiocarbonyl (C=S) groups is 1. The standard InChI is InChI=1S/C13H14ClFN2OS2/c1-13(2)11(16(3)12(19)20-13)17(18)7-8-9(14)5-4-6-10(8)15/h4-7,11H,1-3H3. The van der Waals surface area contributed by atoms with Crippen LogP contribution in [0.2, 0.25) is 5.02 Å². The van der Waals surface area contributed by atoms with E-state index in [-0.39, 0.29) is 15.3 Å². The zero-order valence-corrected chi connectivity index (χ0v) is 13.7. The van der Waals surface area contributed by atoms with Gasteiger partial charge >= 0.3 is 0 Å². The molecule has 0 aliphatic carbocycles. The van der Waals surface area contributed by atoms with Gasteiger partial charge in [0.25, 0.3) is 6.17 Å². The van der Waals surface area contributed by atoms with Crippen LogP contribution < -0.4 is 0 Å². The molecule has 1 fully saturated rings. The normalized spacial score (nSPS) is 22.4. The quantitative estimate of drug-likeness (QED) is 0.273. The highest BCUT2D eigenvalue weighted by Gasteiger charge is 2.48. The highest BCUT2D eigenvalue weighted by molar-refractivity contribution is 8.24. The van der Waals surface area contributed by atoms with Crippen molar-refractivity contribution in [1.29, 1.82) is 0 Å². The summed E-state index contributed by atoms with van der Waals surface area (Å²) in [5.74, 6) is -0.521. The van der Waals surface area contributed by atoms with Crippen LogP contribution in [0.25, 0.3) is 0 Å². The molecule has 20 heavy (non-hydrogen) atoms. The van der Waals surface area contributed by atoms with Crippen LogP contribution in [0.4, 0.5) is 4.39 Å². The highest BCUT2D eigenvalue weighted by atomic mass is 35.5. The first kappa shape index (κ1) is 15.5. The van der Waals surface area contributed by atoms with Crippen LogP contribution in [0.15, 0.2) is 18.2 Å². The number of hydrogen-bond donors (Lipinski definition) is 0. The lowest BCUT2D eigenvalue weighted by atomic mass is 10.1. The molecule has 0 bridgehead atoms. The number of halogens is 2. The summed E-state index contributed by atoms with van der Waals surface area (Å²) in [5, 5.41) is 12.6. The van der Waals surface area contributed by atoms with Gasteiger partial charge in [-0.3, -0.25) is 0 Å². The van der Waals surface area contributed by atoms with E-state index in [1.807, 2.05) is 13.8 Å². The van der Waals surface area contributed by atoms with Crippen molar-refractivity contribution in [3.8, 4) is 0 Å². The summed E-state index contributed by atoms with van der Waals surface area (Å²) >= 11 is 12.6. The van der Waals surface area contributed by atoms with Gasteiger partial charge in [-0.1, -0.05) is 41.6 Å². The fourth-order valence-corrected chi connectivity index (χ4v) is 4.24. The summed E-state index contributed by atoms with van der Waals surface area (Å²) in [6.45, 7) is 3.86. The minimum absolute atomic E-state index is 0.0937. The molecular formula is C13H14ClFN2OS2. The van der Waals surface area contributed by atoms with Crippen LogP contribution >= 0.6 is 35.6 Å². The smallest absolute Gasteiger partial charge is 0.254 e. The lowest BCUT2D eigenvalue weighted by Crippen LogP contribution is -2.46. The Kier molecular flexibility index (Phi) is 4.27. The molecule has 1 saturated heterocycles. The number of nitrogens with zero attached hydrogens (tertiary/aromatic N) is 2. The number of benzene rings is 1. The average molecular weight is 333 g/mol. The van der Waals surface area contributed by atoms with Crippen LogP contribution in [-0.2, 0) is 0 Å². The molecule has 1 aliphatic heterocycles. The molecule has 2 rings (SSSR count). The van der Waals surface area contributed by atoms with E-state index in [1.165, 1.54) is 30.1 Å². The maximum Gasteiger partial charge on any atom is 0.254 e. The number of hydroxylamine groups is 1. The minimum atomic E-state index is -0.521. The van der Waals surface area contributed by atoms with Gasteiger partial charge in [0.05, 0.1) is 10.6 Å². The summed E-state index contributed by atoms with van der Waals surface area (Å²) in [4.78, 5) is 1.72. The van der Waals surface area contributed by atoms with Gasteiger partial charge in [-0.2, -0.15) is 4.74 Å². The maximum atomic E-state index is 13.7. The molecule has 1 aromatic rings. The van der Waals surface area contributed by atoms with Gasteiger partial charge in [-0.25, -0.2) is 4.39 Å². The summed E-state index contributed by atoms with van der Waals surface area (Å²) in [6, 6.07) is 4.32. The Balaban J connectivity index is 2.43. The first-order valence-corrected chi connectivity index (χ1v) is 7.54. The van der Waals surface area contributed by atoms with Gasteiger partial charge in [-0.15, -0.1) is 0 Å². The molecule has 0 N–H and O–H groups in total. The molecule has 0 radical (unpaired) electrons. The Morgan fingerprint density at radius 2 is 2.20 bits per heavy atom. The monoisotopic (exact) mass is 332 g/mol. The van der Waals surface area contributed by atoms with Gasteiger partial charge in [-0.05, 0) is 26.0 Å². The van der Waals surface area contributed by atoms with Crippen molar-refractivity contribution in [2.24, 2.45) is 0 Å². The third-order valence-corrected chi connectivity index (χ3v) is 5.19. The number of thioether (sulfide) groups is 1. The van der Waals surface area contributed by atoms with Crippen LogP contribution in [0.1, 0.15) is 19.4 Å². The van der Waals surface area contributed by atoms with Gasteiger partial charge in [0.1, 0.15) is 14.9 Å². The fourth-order valence-electron chi connectivity index (χ4n) is 2.22. The molecule has 1 heterocycles. The third-order valence-electron chi connectivity index (χ3n) is 3.12. The van der Waals surface area contributed by atoms with Crippen molar-refractivity contribution >= 4 is 46.1 Å². The fraction of sp³-hybridized carbons (Fsp3) is 0.385. The van der Waals surface area contributed by atoms with Crippen LogP contribution in [-0.4, -0.2) is 38.1 Å². The predicted molar refractivity (Wildman–Crippen MR) is 86.0 cm³/mol. The summed E-state index contributed by atoms with van der Waals surface area (Å²) in [5.41, 5.74) is 0.0937. The minimum Gasteiger partial charge on any atom is -0.622 e. The van der Waals surface area contributed by atoms with Crippen molar-refractivity contribution in [2.75, 3.05) is 7.05 Å². The zero-order valence-electron chi connectivity index (χ0n) is 11.3. The zero-order chi connectivity index (χ0) is 15.1. The summed E-state index contributed by atoms with van der Waals surface area (Å²) in [7, 11) is 1.76. The van der Waals surface area contributed by atoms with Crippen molar-refractivity contribution in [3.05, 3.63) is 39.8 Å². The second kappa shape index (κ2) is 5.50. The van der Waals surface area contributed by atoms with E-state index in [0.29, 0.717) is 4.32 Å². The van der Waals surface area contributed by atoms with E-state index in [4.69, 9.17) is 23.8 Å². The molecule has 108 valence electrons. The highest BCUT2D eigenvalue weighted by Crippen LogP contribution is 2.40. The topological polar surface area (TPSA) is 29.3 Å². The van der Waals surface area contributed by atoms with E-state index in [0.717, 1.165) is 4.74 Å². The lowest BCUT2D eigenvalue weighted by Gasteiger charge is -2.27. The second-order valence-electron chi connectivity index (χ2n) is 5.08. The van der Waals surface area contributed by atoms with Crippen molar-refractivity contribution in [3.63, 3.8) is 0 Å². The molecule has 1 atom stereocenters. The Labute approximate surface area is 132 Å². The molecule has 3 nitrogen and oxygen atoms in total. The molecule has 0 aromatic heterocycles. The van der Waals surface area contributed by atoms with E-state index >= 15 is 0 Å². The van der Waals surface area contributed by atoms with Crippen molar-refractivity contribution < 1.29 is 9.13 Å². The molecule has 0 saturated carbocycles. The molecule has 1 aromatic carbocycles.